The van der Waals surface area contributed by atoms with Crippen LogP contribution in [0.1, 0.15) is 0 Å². The zero-order valence-corrected chi connectivity index (χ0v) is 10.6. The maximum absolute atomic E-state index is 10.0. The Labute approximate surface area is 113 Å². The van der Waals surface area contributed by atoms with Crippen molar-refractivity contribution in [2.75, 3.05) is 0 Å². The topological polar surface area (TPSA) is 65.2 Å². The molecule has 0 spiro atoms. The summed E-state index contributed by atoms with van der Waals surface area (Å²) in [7, 11) is 0. The molecule has 0 saturated carbocycles. The summed E-state index contributed by atoms with van der Waals surface area (Å²) in [5.74, 6) is 0.187. The van der Waals surface area contributed by atoms with Crippen molar-refractivity contribution in [1.82, 2.24) is 0 Å². The molecule has 2 aromatic carbocycles. The Kier molecular flexibility index (Phi) is 2.89. The van der Waals surface area contributed by atoms with Crippen LogP contribution in [0.4, 0.5) is 10.7 Å². The van der Waals surface area contributed by atoms with Gasteiger partial charge >= 0.3 is 0 Å². The third kappa shape index (κ3) is 2.15. The van der Waals surface area contributed by atoms with Crippen LogP contribution in [0.3, 0.4) is 0 Å². The van der Waals surface area contributed by atoms with E-state index in [4.69, 9.17) is 0 Å². The zero-order chi connectivity index (χ0) is 13.2. The van der Waals surface area contributed by atoms with Crippen molar-refractivity contribution in [1.29, 1.82) is 0 Å². The Morgan fingerprint density at radius 3 is 2.37 bits per heavy atom. The van der Waals surface area contributed by atoms with Crippen LogP contribution < -0.4 is 0 Å². The summed E-state index contributed by atoms with van der Waals surface area (Å²) in [5, 5.41) is 28.8. The molecule has 0 aliphatic rings. The van der Waals surface area contributed by atoms with Crippen molar-refractivity contribution >= 4 is 32.1 Å². The molecule has 0 bridgehead atoms. The minimum absolute atomic E-state index is 0.0619. The van der Waals surface area contributed by atoms with Crippen LogP contribution in [0.15, 0.2) is 58.8 Å². The summed E-state index contributed by atoms with van der Waals surface area (Å²) in [4.78, 5) is 0. The fraction of sp³-hybridized carbons (Fsp3) is 0. The lowest BCUT2D eigenvalue weighted by Gasteiger charge is -1.95. The normalized spacial score (nSPS) is 11.4. The minimum Gasteiger partial charge on any atom is -0.506 e. The first-order valence-corrected chi connectivity index (χ1v) is 6.47. The van der Waals surface area contributed by atoms with Crippen LogP contribution in [0, 0.1) is 0 Å². The molecular weight excluding hydrogens is 260 g/mol. The Morgan fingerprint density at radius 1 is 0.842 bits per heavy atom. The van der Waals surface area contributed by atoms with Crippen LogP contribution in [0.25, 0.3) is 10.1 Å². The minimum atomic E-state index is 0.0619. The van der Waals surface area contributed by atoms with Crippen LogP contribution in [-0.2, 0) is 0 Å². The van der Waals surface area contributed by atoms with Gasteiger partial charge in [0.15, 0.2) is 10.8 Å². The number of hydrogen-bond donors (Lipinski definition) is 2. The summed E-state index contributed by atoms with van der Waals surface area (Å²) >= 11 is 1.36. The number of nitrogens with zero attached hydrogens (tertiary/aromatic N) is 2. The summed E-state index contributed by atoms with van der Waals surface area (Å²) < 4.78 is 0.950. The van der Waals surface area contributed by atoms with Gasteiger partial charge in [0.2, 0.25) is 0 Å². The molecule has 3 rings (SSSR count). The Morgan fingerprint density at radius 2 is 1.58 bits per heavy atom. The van der Waals surface area contributed by atoms with Gasteiger partial charge in [0.1, 0.15) is 11.4 Å². The monoisotopic (exact) mass is 270 g/mol. The molecular formula is C14H10N2O2S. The number of azo groups is 1. The van der Waals surface area contributed by atoms with E-state index in [1.54, 1.807) is 24.3 Å². The second kappa shape index (κ2) is 4.70. The first kappa shape index (κ1) is 11.7. The van der Waals surface area contributed by atoms with Crippen LogP contribution in [0.2, 0.25) is 0 Å². The highest BCUT2D eigenvalue weighted by molar-refractivity contribution is 7.23. The van der Waals surface area contributed by atoms with Gasteiger partial charge in [-0.15, -0.1) is 21.6 Å². The predicted octanol–water partition coefficient (Wildman–Crippen LogP) is 4.73. The molecule has 1 aromatic heterocycles. The number of phenols is 1. The standard InChI is InChI=1S/C14H10N2O2S/c17-11-7-3-2-6-10(11)15-16-14-13(18)9-5-1-4-8-12(9)19-14/h1-8,17-18H. The Hall–Kier alpha value is -2.40. The lowest BCUT2D eigenvalue weighted by atomic mass is 10.2. The van der Waals surface area contributed by atoms with Crippen molar-refractivity contribution in [3.63, 3.8) is 0 Å². The molecule has 0 unspecified atom stereocenters. The van der Waals surface area contributed by atoms with E-state index < -0.39 is 0 Å². The summed E-state index contributed by atoms with van der Waals surface area (Å²) in [6, 6.07) is 14.2. The van der Waals surface area contributed by atoms with E-state index >= 15 is 0 Å². The second-order valence-electron chi connectivity index (χ2n) is 3.94. The molecule has 19 heavy (non-hydrogen) atoms. The molecule has 3 aromatic rings. The van der Waals surface area contributed by atoms with Crippen molar-refractivity contribution in [2.24, 2.45) is 10.2 Å². The fourth-order valence-electron chi connectivity index (χ4n) is 1.73. The summed E-state index contributed by atoms with van der Waals surface area (Å²) in [6.45, 7) is 0. The van der Waals surface area contributed by atoms with E-state index in [2.05, 4.69) is 10.2 Å². The van der Waals surface area contributed by atoms with E-state index in [-0.39, 0.29) is 11.5 Å². The molecule has 94 valence electrons. The summed E-state index contributed by atoms with van der Waals surface area (Å²) in [5.41, 5.74) is 0.374. The van der Waals surface area contributed by atoms with Gasteiger partial charge in [-0.05, 0) is 24.3 Å². The predicted molar refractivity (Wildman–Crippen MR) is 75.8 cm³/mol. The van der Waals surface area contributed by atoms with Crippen LogP contribution in [0.5, 0.6) is 11.5 Å². The molecule has 5 heteroatoms. The first-order chi connectivity index (χ1) is 9.25. The fourth-order valence-corrected chi connectivity index (χ4v) is 2.65. The van der Waals surface area contributed by atoms with Crippen LogP contribution >= 0.6 is 11.3 Å². The van der Waals surface area contributed by atoms with Crippen molar-refractivity contribution in [3.8, 4) is 11.5 Å². The smallest absolute Gasteiger partial charge is 0.181 e. The van der Waals surface area contributed by atoms with Crippen molar-refractivity contribution in [2.45, 2.75) is 0 Å². The number of hydrogen-bond acceptors (Lipinski definition) is 5. The largest absolute Gasteiger partial charge is 0.506 e. The van der Waals surface area contributed by atoms with Gasteiger partial charge in [-0.3, -0.25) is 0 Å². The molecule has 0 atom stereocenters. The molecule has 0 aliphatic heterocycles. The van der Waals surface area contributed by atoms with Crippen molar-refractivity contribution < 1.29 is 10.2 Å². The lowest BCUT2D eigenvalue weighted by Crippen LogP contribution is -1.65. The van der Waals surface area contributed by atoms with Gasteiger partial charge in [-0.25, -0.2) is 0 Å². The van der Waals surface area contributed by atoms with Gasteiger partial charge < -0.3 is 10.2 Å². The quantitative estimate of drug-likeness (QED) is 0.661. The van der Waals surface area contributed by atoms with Gasteiger partial charge in [0.05, 0.1) is 0 Å². The highest BCUT2D eigenvalue weighted by atomic mass is 32.1. The number of rotatable bonds is 2. The SMILES string of the molecule is Oc1ccccc1N=Nc1sc2ccccc2c1O. The number of fused-ring (bicyclic) bond motifs is 1. The number of benzene rings is 2. The average molecular weight is 270 g/mol. The molecule has 0 saturated heterocycles. The summed E-state index contributed by atoms with van der Waals surface area (Å²) in [6.07, 6.45) is 0. The number of para-hydroxylation sites is 1. The Balaban J connectivity index is 2.02. The van der Waals surface area contributed by atoms with E-state index in [1.165, 1.54) is 11.3 Å². The molecule has 2 N–H and O–H groups in total. The van der Waals surface area contributed by atoms with Crippen molar-refractivity contribution in [3.05, 3.63) is 48.5 Å². The van der Waals surface area contributed by atoms with Gasteiger partial charge in [-0.2, -0.15) is 0 Å². The van der Waals surface area contributed by atoms with E-state index in [0.717, 1.165) is 10.1 Å². The molecule has 0 radical (unpaired) electrons. The van der Waals surface area contributed by atoms with Crippen LogP contribution in [-0.4, -0.2) is 10.2 Å². The van der Waals surface area contributed by atoms with Gasteiger partial charge in [0, 0.05) is 10.1 Å². The lowest BCUT2D eigenvalue weighted by molar-refractivity contribution is 0.476. The van der Waals surface area contributed by atoms with E-state index in [0.29, 0.717) is 10.7 Å². The maximum Gasteiger partial charge on any atom is 0.181 e. The number of thiophene rings is 1. The van der Waals surface area contributed by atoms with E-state index in [9.17, 15) is 10.2 Å². The molecule has 0 aliphatic carbocycles. The highest BCUT2D eigenvalue weighted by Crippen LogP contribution is 2.43. The highest BCUT2D eigenvalue weighted by Gasteiger charge is 2.10. The molecule has 0 fully saturated rings. The van der Waals surface area contributed by atoms with Gasteiger partial charge in [0.25, 0.3) is 0 Å². The maximum atomic E-state index is 10.0. The Bertz CT molecular complexity index is 765. The number of aromatic hydroxyl groups is 2. The third-order valence-corrected chi connectivity index (χ3v) is 3.73. The second-order valence-corrected chi connectivity index (χ2v) is 4.97. The number of phenolic OH excluding ortho intramolecular Hbond substituents is 1. The molecule has 4 nitrogen and oxygen atoms in total. The average Bonchev–Trinajstić information content (AvgIpc) is 2.75. The van der Waals surface area contributed by atoms with E-state index in [1.807, 2.05) is 24.3 Å². The molecule has 0 amide bonds. The molecule has 1 heterocycles. The van der Waals surface area contributed by atoms with Gasteiger partial charge in [-0.1, -0.05) is 24.3 Å². The first-order valence-electron chi connectivity index (χ1n) is 5.66. The third-order valence-electron chi connectivity index (χ3n) is 2.68. The zero-order valence-electron chi connectivity index (χ0n) is 9.82.